The Hall–Kier alpha value is -1.36. The predicted molar refractivity (Wildman–Crippen MR) is 72.9 cm³/mol. The van der Waals surface area contributed by atoms with Crippen molar-refractivity contribution in [2.45, 2.75) is 25.8 Å². The van der Waals surface area contributed by atoms with E-state index in [9.17, 15) is 4.79 Å². The summed E-state index contributed by atoms with van der Waals surface area (Å²) in [7, 11) is 0. The fourth-order valence-electron chi connectivity index (χ4n) is 2.19. The third-order valence-electron chi connectivity index (χ3n) is 3.46. The van der Waals surface area contributed by atoms with Crippen molar-refractivity contribution in [3.05, 3.63) is 45.5 Å². The molecular formula is C13H14BrN3O. The van der Waals surface area contributed by atoms with Gasteiger partial charge in [0, 0.05) is 25.0 Å². The lowest BCUT2D eigenvalue weighted by atomic mass is 9.85. The maximum Gasteiger partial charge on any atom is 0.250 e. The Labute approximate surface area is 113 Å². The number of halogens is 1. The van der Waals surface area contributed by atoms with Crippen molar-refractivity contribution >= 4 is 15.9 Å². The lowest BCUT2D eigenvalue weighted by Crippen LogP contribution is -2.26. The van der Waals surface area contributed by atoms with Crippen LogP contribution in [0.2, 0.25) is 0 Å². The average molecular weight is 308 g/mol. The second-order valence-electron chi connectivity index (χ2n) is 4.78. The lowest BCUT2D eigenvalue weighted by Gasteiger charge is -2.26. The van der Waals surface area contributed by atoms with Gasteiger partial charge in [-0.1, -0.05) is 6.42 Å². The number of rotatable bonds is 3. The first-order valence-electron chi connectivity index (χ1n) is 6.13. The molecule has 18 heavy (non-hydrogen) atoms. The molecule has 5 heteroatoms. The van der Waals surface area contributed by atoms with Crippen molar-refractivity contribution in [1.82, 2.24) is 14.3 Å². The minimum atomic E-state index is 0.0665. The molecule has 0 N–H and O–H groups in total. The molecule has 0 atom stereocenters. The van der Waals surface area contributed by atoms with Gasteiger partial charge in [-0.3, -0.25) is 4.79 Å². The van der Waals surface area contributed by atoms with Crippen molar-refractivity contribution in [2.24, 2.45) is 5.92 Å². The highest BCUT2D eigenvalue weighted by atomic mass is 79.9. The van der Waals surface area contributed by atoms with Crippen molar-refractivity contribution in [1.29, 1.82) is 0 Å². The SMILES string of the molecule is O=c1ccc(-n2cc(Br)cn2)cn1CC1CCC1. The van der Waals surface area contributed by atoms with Gasteiger partial charge in [0.1, 0.15) is 0 Å². The summed E-state index contributed by atoms with van der Waals surface area (Å²) in [5.74, 6) is 0.669. The molecule has 1 saturated carbocycles. The Morgan fingerprint density at radius 3 is 2.78 bits per heavy atom. The minimum Gasteiger partial charge on any atom is -0.313 e. The maximum absolute atomic E-state index is 11.8. The first kappa shape index (κ1) is 11.7. The molecule has 0 bridgehead atoms. The highest BCUT2D eigenvalue weighted by Gasteiger charge is 2.18. The summed E-state index contributed by atoms with van der Waals surface area (Å²) in [5, 5.41) is 4.22. The van der Waals surface area contributed by atoms with Crippen LogP contribution in [0.4, 0.5) is 0 Å². The van der Waals surface area contributed by atoms with Crippen LogP contribution < -0.4 is 5.56 Å². The highest BCUT2D eigenvalue weighted by molar-refractivity contribution is 9.10. The number of nitrogens with zero attached hydrogens (tertiary/aromatic N) is 3. The van der Waals surface area contributed by atoms with E-state index in [4.69, 9.17) is 0 Å². The van der Waals surface area contributed by atoms with Gasteiger partial charge < -0.3 is 4.57 Å². The van der Waals surface area contributed by atoms with Crippen LogP contribution in [-0.2, 0) is 6.54 Å². The quantitative estimate of drug-likeness (QED) is 0.874. The fourth-order valence-corrected chi connectivity index (χ4v) is 2.48. The summed E-state index contributed by atoms with van der Waals surface area (Å²) in [4.78, 5) is 11.8. The van der Waals surface area contributed by atoms with Crippen LogP contribution in [0.25, 0.3) is 5.69 Å². The van der Waals surface area contributed by atoms with Crippen molar-refractivity contribution in [2.75, 3.05) is 0 Å². The van der Waals surface area contributed by atoms with Crippen LogP contribution >= 0.6 is 15.9 Å². The van der Waals surface area contributed by atoms with E-state index in [2.05, 4.69) is 21.0 Å². The third kappa shape index (κ3) is 2.27. The lowest BCUT2D eigenvalue weighted by molar-refractivity contribution is 0.273. The van der Waals surface area contributed by atoms with E-state index in [-0.39, 0.29) is 5.56 Å². The molecule has 0 unspecified atom stereocenters. The fraction of sp³-hybridized carbons (Fsp3) is 0.385. The number of aromatic nitrogens is 3. The number of hydrogen-bond donors (Lipinski definition) is 0. The topological polar surface area (TPSA) is 39.8 Å². The summed E-state index contributed by atoms with van der Waals surface area (Å²) >= 11 is 3.37. The molecule has 1 aliphatic carbocycles. The molecule has 0 aliphatic heterocycles. The Bertz CT molecular complexity index is 613. The van der Waals surface area contributed by atoms with Crippen LogP contribution in [0.5, 0.6) is 0 Å². The van der Waals surface area contributed by atoms with E-state index >= 15 is 0 Å². The zero-order valence-electron chi connectivity index (χ0n) is 9.92. The molecule has 0 amide bonds. The summed E-state index contributed by atoms with van der Waals surface area (Å²) in [6.45, 7) is 0.828. The van der Waals surface area contributed by atoms with Crippen LogP contribution in [0, 0.1) is 5.92 Å². The molecule has 1 aliphatic rings. The second kappa shape index (κ2) is 4.72. The molecule has 4 nitrogen and oxygen atoms in total. The molecule has 2 aromatic heterocycles. The zero-order valence-corrected chi connectivity index (χ0v) is 11.5. The molecule has 0 saturated heterocycles. The van der Waals surface area contributed by atoms with Crippen LogP contribution in [0.1, 0.15) is 19.3 Å². The Balaban J connectivity index is 1.91. The van der Waals surface area contributed by atoms with Gasteiger partial charge >= 0.3 is 0 Å². The largest absolute Gasteiger partial charge is 0.313 e. The molecule has 0 spiro atoms. The summed E-state index contributed by atoms with van der Waals surface area (Å²) in [6.07, 6.45) is 9.29. The summed E-state index contributed by atoms with van der Waals surface area (Å²) in [6, 6.07) is 3.42. The van der Waals surface area contributed by atoms with E-state index in [0.29, 0.717) is 5.92 Å². The van der Waals surface area contributed by atoms with E-state index in [1.54, 1.807) is 27.6 Å². The van der Waals surface area contributed by atoms with E-state index in [1.807, 2.05) is 12.4 Å². The van der Waals surface area contributed by atoms with Crippen molar-refractivity contribution < 1.29 is 0 Å². The third-order valence-corrected chi connectivity index (χ3v) is 3.87. The van der Waals surface area contributed by atoms with Crippen molar-refractivity contribution in [3.8, 4) is 5.69 Å². The van der Waals surface area contributed by atoms with E-state index < -0.39 is 0 Å². The second-order valence-corrected chi connectivity index (χ2v) is 5.69. The smallest absolute Gasteiger partial charge is 0.250 e. The Morgan fingerprint density at radius 2 is 2.17 bits per heavy atom. The Kier molecular flexibility index (Phi) is 3.07. The van der Waals surface area contributed by atoms with Gasteiger partial charge in [0.25, 0.3) is 5.56 Å². The average Bonchev–Trinajstić information content (AvgIpc) is 2.72. The van der Waals surface area contributed by atoms with Gasteiger partial charge in [-0.15, -0.1) is 0 Å². The maximum atomic E-state index is 11.8. The summed E-state index contributed by atoms with van der Waals surface area (Å²) < 4.78 is 4.49. The number of hydrogen-bond acceptors (Lipinski definition) is 2. The molecule has 2 heterocycles. The first-order valence-corrected chi connectivity index (χ1v) is 6.93. The van der Waals surface area contributed by atoms with Gasteiger partial charge in [-0.2, -0.15) is 5.10 Å². The molecule has 94 valence electrons. The van der Waals surface area contributed by atoms with Crippen LogP contribution in [0.15, 0.2) is 40.0 Å². The van der Waals surface area contributed by atoms with Gasteiger partial charge in [0.15, 0.2) is 0 Å². The molecular weight excluding hydrogens is 294 g/mol. The molecule has 0 aromatic carbocycles. The zero-order chi connectivity index (χ0) is 12.5. The van der Waals surface area contributed by atoms with Gasteiger partial charge in [0.2, 0.25) is 0 Å². The van der Waals surface area contributed by atoms with Gasteiger partial charge in [0.05, 0.1) is 16.4 Å². The molecule has 1 fully saturated rings. The van der Waals surface area contributed by atoms with Crippen molar-refractivity contribution in [3.63, 3.8) is 0 Å². The van der Waals surface area contributed by atoms with E-state index in [1.165, 1.54) is 19.3 Å². The first-order chi connectivity index (χ1) is 8.72. The van der Waals surface area contributed by atoms with Gasteiger partial charge in [-0.05, 0) is 40.8 Å². The standard InChI is InChI=1S/C13H14BrN3O/c14-11-6-15-17(8-11)12-4-5-13(18)16(9-12)7-10-2-1-3-10/h4-6,8-10H,1-3,7H2. The predicted octanol–water partition coefficient (Wildman–Crippen LogP) is 2.60. The van der Waals surface area contributed by atoms with Crippen LogP contribution in [-0.4, -0.2) is 14.3 Å². The summed E-state index contributed by atoms with van der Waals surface area (Å²) in [5.41, 5.74) is 0.983. The van der Waals surface area contributed by atoms with E-state index in [0.717, 1.165) is 16.7 Å². The van der Waals surface area contributed by atoms with Gasteiger partial charge in [-0.25, -0.2) is 4.68 Å². The number of pyridine rings is 1. The van der Waals surface area contributed by atoms with Crippen LogP contribution in [0.3, 0.4) is 0 Å². The Morgan fingerprint density at radius 1 is 1.33 bits per heavy atom. The highest BCUT2D eigenvalue weighted by Crippen LogP contribution is 2.27. The molecule has 0 radical (unpaired) electrons. The minimum absolute atomic E-state index is 0.0665. The molecule has 3 rings (SSSR count). The monoisotopic (exact) mass is 307 g/mol. The molecule has 2 aromatic rings. The normalized spacial score (nSPS) is 15.6.